The fourth-order valence-electron chi connectivity index (χ4n) is 0.801. The van der Waals surface area contributed by atoms with Crippen molar-refractivity contribution < 1.29 is 9.84 Å². The van der Waals surface area contributed by atoms with Crippen LogP contribution in [0.2, 0.25) is 0 Å². The van der Waals surface area contributed by atoms with Gasteiger partial charge >= 0.3 is 0 Å². The highest BCUT2D eigenvalue weighted by Crippen LogP contribution is 2.02. The maximum absolute atomic E-state index is 8.63. The van der Waals surface area contributed by atoms with E-state index in [0.717, 1.165) is 0 Å². The van der Waals surface area contributed by atoms with Crippen molar-refractivity contribution in [2.45, 2.75) is 0 Å². The Bertz CT molecular complexity index is 313. The molecule has 0 radical (unpaired) electrons. The Morgan fingerprint density at radius 3 is 2.31 bits per heavy atom. The Morgan fingerprint density at radius 1 is 1.19 bits per heavy atom. The van der Waals surface area contributed by atoms with Gasteiger partial charge in [0, 0.05) is 7.11 Å². The average molecular weight is 218 g/mol. The number of hydrogen-bond acceptors (Lipinski definition) is 2. The lowest BCUT2D eigenvalue weighted by atomic mass is 10.3. The number of phenols is 1. The second kappa shape index (κ2) is 11.3. The second-order valence-electron chi connectivity index (χ2n) is 2.84. The summed E-state index contributed by atoms with van der Waals surface area (Å²) >= 11 is 0. The molecule has 0 saturated carbocycles. The van der Waals surface area contributed by atoms with E-state index in [4.69, 9.17) is 9.84 Å². The molecule has 2 heteroatoms. The molecule has 0 aliphatic heterocycles. The molecule has 0 unspecified atom stereocenters. The summed E-state index contributed by atoms with van der Waals surface area (Å²) in [6.07, 6.45) is 9.36. The van der Waals surface area contributed by atoms with Gasteiger partial charge in [0.2, 0.25) is 0 Å². The van der Waals surface area contributed by atoms with Crippen LogP contribution in [-0.4, -0.2) is 18.8 Å². The van der Waals surface area contributed by atoms with Gasteiger partial charge in [-0.25, -0.2) is 0 Å². The summed E-state index contributed by atoms with van der Waals surface area (Å²) in [4.78, 5) is 0. The highest BCUT2D eigenvalue weighted by molar-refractivity contribution is 5.18. The summed E-state index contributed by atoms with van der Waals surface area (Å²) in [6, 6.07) is 8.71. The molecule has 1 N–H and O–H groups in total. The van der Waals surface area contributed by atoms with E-state index in [2.05, 4.69) is 6.58 Å². The molecular weight excluding hydrogens is 200 g/mol. The first-order valence-corrected chi connectivity index (χ1v) is 4.98. The molecule has 0 heterocycles. The van der Waals surface area contributed by atoms with Crippen LogP contribution in [0.1, 0.15) is 0 Å². The number of allylic oxidation sites excluding steroid dienone is 4. The summed E-state index contributed by atoms with van der Waals surface area (Å²) in [6.45, 7) is 4.19. The largest absolute Gasteiger partial charge is 0.508 e. The van der Waals surface area contributed by atoms with Gasteiger partial charge in [0.25, 0.3) is 0 Å². The molecule has 0 amide bonds. The first kappa shape index (κ1) is 14.2. The SMILES string of the molecule is C=C/C=C\C=C/COC.Oc1ccccc1. The fourth-order valence-corrected chi connectivity index (χ4v) is 0.801. The lowest BCUT2D eigenvalue weighted by Gasteiger charge is -1.83. The Hall–Kier alpha value is -1.80. The van der Waals surface area contributed by atoms with E-state index in [1.165, 1.54) is 0 Å². The van der Waals surface area contributed by atoms with Gasteiger partial charge in [0.05, 0.1) is 6.61 Å². The molecular formula is C14H18O2. The van der Waals surface area contributed by atoms with Crippen molar-refractivity contribution in [2.75, 3.05) is 13.7 Å². The van der Waals surface area contributed by atoms with Gasteiger partial charge in [-0.2, -0.15) is 0 Å². The summed E-state index contributed by atoms with van der Waals surface area (Å²) in [5.41, 5.74) is 0. The monoisotopic (exact) mass is 218 g/mol. The third-order valence-electron chi connectivity index (χ3n) is 1.51. The lowest BCUT2D eigenvalue weighted by Crippen LogP contribution is -1.78. The number of para-hydroxylation sites is 1. The molecule has 0 aliphatic carbocycles. The van der Waals surface area contributed by atoms with Gasteiger partial charge in [-0.3, -0.25) is 0 Å². The van der Waals surface area contributed by atoms with Crippen LogP contribution in [0, 0.1) is 0 Å². The van der Waals surface area contributed by atoms with E-state index in [9.17, 15) is 0 Å². The molecule has 1 rings (SSSR count). The summed E-state index contributed by atoms with van der Waals surface area (Å²) < 4.78 is 4.78. The highest BCUT2D eigenvalue weighted by Gasteiger charge is 1.74. The number of phenolic OH excluding ortho intramolecular Hbond substituents is 1. The van der Waals surface area contributed by atoms with Gasteiger partial charge < -0.3 is 9.84 Å². The van der Waals surface area contributed by atoms with Gasteiger partial charge in [-0.1, -0.05) is 55.2 Å². The second-order valence-corrected chi connectivity index (χ2v) is 2.84. The fraction of sp³-hybridized carbons (Fsp3) is 0.143. The Kier molecular flexibility index (Phi) is 10.0. The van der Waals surface area contributed by atoms with Crippen LogP contribution in [0.3, 0.4) is 0 Å². The zero-order chi connectivity index (χ0) is 12.1. The van der Waals surface area contributed by atoms with Gasteiger partial charge in [0.15, 0.2) is 0 Å². The minimum absolute atomic E-state index is 0.322. The minimum atomic E-state index is 0.322. The average Bonchev–Trinajstić information content (AvgIpc) is 2.31. The third kappa shape index (κ3) is 10.3. The molecule has 0 saturated heterocycles. The van der Waals surface area contributed by atoms with Crippen molar-refractivity contribution in [3.8, 4) is 5.75 Å². The number of rotatable bonds is 4. The zero-order valence-corrected chi connectivity index (χ0v) is 9.54. The first-order valence-electron chi connectivity index (χ1n) is 4.98. The predicted octanol–water partition coefficient (Wildman–Crippen LogP) is 3.32. The van der Waals surface area contributed by atoms with Crippen LogP contribution in [0.4, 0.5) is 0 Å². The Balaban J connectivity index is 0.000000288. The Labute approximate surface area is 97.2 Å². The van der Waals surface area contributed by atoms with E-state index in [0.29, 0.717) is 12.4 Å². The zero-order valence-electron chi connectivity index (χ0n) is 9.54. The molecule has 0 bridgehead atoms. The third-order valence-corrected chi connectivity index (χ3v) is 1.51. The normalized spacial score (nSPS) is 10.1. The number of aromatic hydroxyl groups is 1. The smallest absolute Gasteiger partial charge is 0.115 e. The van der Waals surface area contributed by atoms with Crippen molar-refractivity contribution in [3.05, 3.63) is 67.3 Å². The summed E-state index contributed by atoms with van der Waals surface area (Å²) in [5.74, 6) is 0.322. The molecule has 0 atom stereocenters. The van der Waals surface area contributed by atoms with Crippen LogP contribution in [-0.2, 0) is 4.74 Å². The van der Waals surface area contributed by atoms with Crippen molar-refractivity contribution in [2.24, 2.45) is 0 Å². The quantitative estimate of drug-likeness (QED) is 0.785. The van der Waals surface area contributed by atoms with E-state index < -0.39 is 0 Å². The van der Waals surface area contributed by atoms with Crippen molar-refractivity contribution in [1.29, 1.82) is 0 Å². The topological polar surface area (TPSA) is 29.5 Å². The molecule has 86 valence electrons. The molecule has 0 aromatic heterocycles. The number of hydrogen-bond donors (Lipinski definition) is 1. The number of ether oxygens (including phenoxy) is 1. The Morgan fingerprint density at radius 2 is 1.88 bits per heavy atom. The summed E-state index contributed by atoms with van der Waals surface area (Å²) in [5, 5.41) is 8.63. The highest BCUT2D eigenvalue weighted by atomic mass is 16.5. The van der Waals surface area contributed by atoms with Crippen LogP contribution in [0.25, 0.3) is 0 Å². The predicted molar refractivity (Wildman–Crippen MR) is 68.5 cm³/mol. The van der Waals surface area contributed by atoms with Crippen LogP contribution < -0.4 is 0 Å². The molecule has 0 spiro atoms. The first-order chi connectivity index (χ1) is 7.81. The standard InChI is InChI=1S/C8H12O.C6H6O/c1-3-4-5-6-7-8-9-2;7-6-4-2-1-3-5-6/h3-7H,1,8H2,2H3;1-5,7H/b5-4-,7-6-;. The molecule has 1 aromatic rings. The molecule has 16 heavy (non-hydrogen) atoms. The van der Waals surface area contributed by atoms with Crippen molar-refractivity contribution >= 4 is 0 Å². The number of benzene rings is 1. The van der Waals surface area contributed by atoms with Gasteiger partial charge in [-0.05, 0) is 12.1 Å². The van der Waals surface area contributed by atoms with Gasteiger partial charge in [0.1, 0.15) is 5.75 Å². The van der Waals surface area contributed by atoms with Crippen LogP contribution in [0.5, 0.6) is 5.75 Å². The summed E-state index contributed by atoms with van der Waals surface area (Å²) in [7, 11) is 1.67. The molecule has 0 aliphatic rings. The molecule has 2 nitrogen and oxygen atoms in total. The molecule has 1 aromatic carbocycles. The van der Waals surface area contributed by atoms with Crippen molar-refractivity contribution in [1.82, 2.24) is 0 Å². The van der Waals surface area contributed by atoms with Crippen LogP contribution in [0.15, 0.2) is 67.3 Å². The molecule has 0 fully saturated rings. The van der Waals surface area contributed by atoms with E-state index in [-0.39, 0.29) is 0 Å². The number of methoxy groups -OCH3 is 1. The van der Waals surface area contributed by atoms with Gasteiger partial charge in [-0.15, -0.1) is 0 Å². The maximum Gasteiger partial charge on any atom is 0.115 e. The van der Waals surface area contributed by atoms with E-state index in [1.807, 2.05) is 30.4 Å². The van der Waals surface area contributed by atoms with Crippen molar-refractivity contribution in [3.63, 3.8) is 0 Å². The van der Waals surface area contributed by atoms with E-state index >= 15 is 0 Å². The maximum atomic E-state index is 8.63. The van der Waals surface area contributed by atoms with E-state index in [1.54, 1.807) is 37.5 Å². The lowest BCUT2D eigenvalue weighted by molar-refractivity contribution is 0.234. The van der Waals surface area contributed by atoms with Crippen LogP contribution >= 0.6 is 0 Å². The minimum Gasteiger partial charge on any atom is -0.508 e.